The summed E-state index contributed by atoms with van der Waals surface area (Å²) < 4.78 is 6.11. The van der Waals surface area contributed by atoms with Crippen LogP contribution in [0.4, 0.5) is 0 Å². The van der Waals surface area contributed by atoms with Crippen molar-refractivity contribution in [3.8, 4) is 0 Å². The second-order valence-corrected chi connectivity index (χ2v) is 8.24. The first kappa shape index (κ1) is 18.2. The Kier molecular flexibility index (Phi) is 6.69. The predicted molar refractivity (Wildman–Crippen MR) is 93.4 cm³/mol. The van der Waals surface area contributed by atoms with Gasteiger partial charge in [0.25, 0.3) is 0 Å². The fourth-order valence-corrected chi connectivity index (χ4v) is 3.54. The Labute approximate surface area is 137 Å². The van der Waals surface area contributed by atoms with Gasteiger partial charge in [0.05, 0.1) is 11.7 Å². The van der Waals surface area contributed by atoms with Crippen LogP contribution in [0.2, 0.25) is 0 Å². The Hall–Kier alpha value is -0.160. The lowest BCUT2D eigenvalue weighted by Crippen LogP contribution is -2.51. The van der Waals surface area contributed by atoms with Crippen LogP contribution in [0.1, 0.15) is 47.5 Å². The molecule has 0 bridgehead atoms. The topological polar surface area (TPSA) is 19.0 Å². The van der Waals surface area contributed by atoms with Crippen LogP contribution in [0, 0.1) is 0 Å². The summed E-state index contributed by atoms with van der Waals surface area (Å²) in [7, 11) is 0. The summed E-state index contributed by atoms with van der Waals surface area (Å²) in [5.74, 6) is 0. The fourth-order valence-electron chi connectivity index (χ4n) is 3.54. The second-order valence-electron chi connectivity index (χ2n) is 8.24. The van der Waals surface area contributed by atoms with Gasteiger partial charge in [-0.2, -0.15) is 0 Å². The lowest BCUT2D eigenvalue weighted by molar-refractivity contribution is -0.0824. The molecule has 2 aliphatic heterocycles. The van der Waals surface area contributed by atoms with Gasteiger partial charge in [-0.25, -0.2) is 0 Å². The van der Waals surface area contributed by atoms with Crippen molar-refractivity contribution in [3.05, 3.63) is 0 Å². The number of nitrogens with zero attached hydrogens (tertiary/aromatic N) is 3. The molecule has 0 aromatic heterocycles. The number of piperazine rings is 1. The molecule has 4 heteroatoms. The maximum atomic E-state index is 6.11. The Morgan fingerprint density at radius 1 is 0.864 bits per heavy atom. The quantitative estimate of drug-likeness (QED) is 0.775. The van der Waals surface area contributed by atoms with E-state index in [9.17, 15) is 0 Å². The zero-order valence-electron chi connectivity index (χ0n) is 15.5. The lowest BCUT2D eigenvalue weighted by Gasteiger charge is -2.39. The fraction of sp³-hybridized carbons (Fsp3) is 1.00. The highest BCUT2D eigenvalue weighted by Gasteiger charge is 2.25. The van der Waals surface area contributed by atoms with Crippen molar-refractivity contribution in [2.45, 2.75) is 65.2 Å². The van der Waals surface area contributed by atoms with E-state index in [2.05, 4.69) is 49.3 Å². The Bertz CT molecular complexity index is 311. The van der Waals surface area contributed by atoms with Gasteiger partial charge in [0.2, 0.25) is 0 Å². The standard InChI is InChI=1S/C18H37N3O/c1-16(2)21-14-12-20(13-15-21)11-10-19-8-6-17(7-9-19)22-18(3,4)5/h16-17H,6-15H2,1-5H3. The molecule has 2 heterocycles. The van der Waals surface area contributed by atoms with Crippen LogP contribution in [-0.4, -0.2) is 84.8 Å². The van der Waals surface area contributed by atoms with Gasteiger partial charge in [-0.15, -0.1) is 0 Å². The molecular weight excluding hydrogens is 274 g/mol. The van der Waals surface area contributed by atoms with Crippen molar-refractivity contribution in [1.29, 1.82) is 0 Å². The van der Waals surface area contributed by atoms with E-state index in [1.54, 1.807) is 0 Å². The maximum absolute atomic E-state index is 6.11. The third-order valence-corrected chi connectivity index (χ3v) is 4.92. The van der Waals surface area contributed by atoms with Crippen molar-refractivity contribution < 1.29 is 4.74 Å². The van der Waals surface area contributed by atoms with E-state index in [4.69, 9.17) is 4.74 Å². The minimum absolute atomic E-state index is 0.00290. The van der Waals surface area contributed by atoms with E-state index < -0.39 is 0 Å². The molecular formula is C18H37N3O. The largest absolute Gasteiger partial charge is 0.373 e. The first-order chi connectivity index (χ1) is 10.3. The van der Waals surface area contributed by atoms with E-state index in [0.717, 1.165) is 0 Å². The molecule has 0 N–H and O–H groups in total. The molecule has 0 saturated carbocycles. The van der Waals surface area contributed by atoms with Gasteiger partial charge in [0, 0.05) is 58.4 Å². The number of hydrogen-bond acceptors (Lipinski definition) is 4. The highest BCUT2D eigenvalue weighted by molar-refractivity contribution is 4.78. The van der Waals surface area contributed by atoms with E-state index in [-0.39, 0.29) is 5.60 Å². The SMILES string of the molecule is CC(C)N1CCN(CCN2CCC(OC(C)(C)C)CC2)CC1. The minimum Gasteiger partial charge on any atom is -0.373 e. The third-order valence-electron chi connectivity index (χ3n) is 4.92. The van der Waals surface area contributed by atoms with Gasteiger partial charge in [0.1, 0.15) is 0 Å². The minimum atomic E-state index is 0.00290. The zero-order chi connectivity index (χ0) is 16.2. The number of likely N-dealkylation sites (tertiary alicyclic amines) is 1. The predicted octanol–water partition coefficient (Wildman–Crippen LogP) is 2.29. The Morgan fingerprint density at radius 2 is 1.36 bits per heavy atom. The highest BCUT2D eigenvalue weighted by Crippen LogP contribution is 2.20. The summed E-state index contributed by atoms with van der Waals surface area (Å²) in [6, 6.07) is 0.698. The van der Waals surface area contributed by atoms with Crippen molar-refractivity contribution in [2.24, 2.45) is 0 Å². The molecule has 0 radical (unpaired) electrons. The molecule has 0 spiro atoms. The summed E-state index contributed by atoms with van der Waals surface area (Å²) >= 11 is 0. The van der Waals surface area contributed by atoms with Gasteiger partial charge in [-0.1, -0.05) is 0 Å². The van der Waals surface area contributed by atoms with Crippen molar-refractivity contribution >= 4 is 0 Å². The molecule has 0 unspecified atom stereocenters. The highest BCUT2D eigenvalue weighted by atomic mass is 16.5. The van der Waals surface area contributed by atoms with Crippen LogP contribution in [0.15, 0.2) is 0 Å². The van der Waals surface area contributed by atoms with E-state index in [1.807, 2.05) is 0 Å². The second kappa shape index (κ2) is 8.09. The molecule has 2 rings (SSSR count). The summed E-state index contributed by atoms with van der Waals surface area (Å²) in [4.78, 5) is 7.85. The Balaban J connectivity index is 1.60. The van der Waals surface area contributed by atoms with Gasteiger partial charge < -0.3 is 9.64 Å². The van der Waals surface area contributed by atoms with E-state index in [0.29, 0.717) is 12.1 Å². The van der Waals surface area contributed by atoms with Crippen LogP contribution < -0.4 is 0 Å². The average molecular weight is 312 g/mol. The van der Waals surface area contributed by atoms with Crippen LogP contribution in [0.3, 0.4) is 0 Å². The van der Waals surface area contributed by atoms with Crippen LogP contribution in [-0.2, 0) is 4.74 Å². The molecule has 0 aromatic carbocycles. The van der Waals surface area contributed by atoms with Crippen LogP contribution >= 0.6 is 0 Å². The number of rotatable bonds is 5. The number of piperidine rings is 1. The van der Waals surface area contributed by atoms with Crippen molar-refractivity contribution in [2.75, 3.05) is 52.4 Å². The van der Waals surface area contributed by atoms with Gasteiger partial charge in [-0.05, 0) is 47.5 Å². The molecule has 0 amide bonds. The van der Waals surface area contributed by atoms with Crippen molar-refractivity contribution in [1.82, 2.24) is 14.7 Å². The molecule has 0 aromatic rings. The zero-order valence-corrected chi connectivity index (χ0v) is 15.5. The normalized spacial score (nSPS) is 24.3. The molecule has 2 saturated heterocycles. The number of hydrogen-bond donors (Lipinski definition) is 0. The van der Waals surface area contributed by atoms with Gasteiger partial charge >= 0.3 is 0 Å². The molecule has 4 nitrogen and oxygen atoms in total. The molecule has 2 fully saturated rings. The van der Waals surface area contributed by atoms with Crippen molar-refractivity contribution in [3.63, 3.8) is 0 Å². The molecule has 2 aliphatic rings. The Morgan fingerprint density at radius 3 is 1.82 bits per heavy atom. The monoisotopic (exact) mass is 311 g/mol. The maximum Gasteiger partial charge on any atom is 0.0606 e. The smallest absolute Gasteiger partial charge is 0.0606 e. The summed E-state index contributed by atoms with van der Waals surface area (Å²) in [6.45, 7) is 20.9. The van der Waals surface area contributed by atoms with Gasteiger partial charge in [-0.3, -0.25) is 9.80 Å². The summed E-state index contributed by atoms with van der Waals surface area (Å²) in [5, 5.41) is 0. The van der Waals surface area contributed by atoms with Gasteiger partial charge in [0.15, 0.2) is 0 Å². The molecule has 130 valence electrons. The summed E-state index contributed by atoms with van der Waals surface area (Å²) in [5.41, 5.74) is 0.00290. The third kappa shape index (κ3) is 6.15. The molecule has 22 heavy (non-hydrogen) atoms. The van der Waals surface area contributed by atoms with Crippen LogP contribution in [0.25, 0.3) is 0 Å². The number of ether oxygens (including phenoxy) is 1. The average Bonchev–Trinajstić information content (AvgIpc) is 2.45. The lowest BCUT2D eigenvalue weighted by atomic mass is 10.1. The van der Waals surface area contributed by atoms with E-state index in [1.165, 1.54) is 65.2 Å². The summed E-state index contributed by atoms with van der Waals surface area (Å²) in [6.07, 6.45) is 2.85. The molecule has 0 aliphatic carbocycles. The molecule has 0 atom stereocenters. The first-order valence-corrected chi connectivity index (χ1v) is 9.20. The first-order valence-electron chi connectivity index (χ1n) is 9.20. The van der Waals surface area contributed by atoms with E-state index >= 15 is 0 Å². The van der Waals surface area contributed by atoms with Crippen LogP contribution in [0.5, 0.6) is 0 Å².